The van der Waals surface area contributed by atoms with E-state index in [1.165, 1.54) is 0 Å². The molecule has 1 aromatic heterocycles. The van der Waals surface area contributed by atoms with Gasteiger partial charge in [-0.2, -0.15) is 4.98 Å². The molecular formula is C14H17N3O2. The summed E-state index contributed by atoms with van der Waals surface area (Å²) in [4.78, 5) is 4.52. The molecule has 1 unspecified atom stereocenters. The minimum Gasteiger partial charge on any atom is -0.508 e. The van der Waals surface area contributed by atoms with E-state index < -0.39 is 0 Å². The molecule has 1 aliphatic heterocycles. The predicted octanol–water partition coefficient (Wildman–Crippen LogP) is 2.08. The number of hydrogen-bond donors (Lipinski definition) is 2. The van der Waals surface area contributed by atoms with Crippen molar-refractivity contribution < 1.29 is 9.63 Å². The zero-order chi connectivity index (χ0) is 13.3. The molecule has 1 aromatic carbocycles. The van der Waals surface area contributed by atoms with Crippen LogP contribution in [0.1, 0.15) is 25.7 Å². The second kappa shape index (κ2) is 4.66. The van der Waals surface area contributed by atoms with Crippen molar-refractivity contribution in [2.75, 3.05) is 13.1 Å². The maximum atomic E-state index is 9.49. The van der Waals surface area contributed by atoms with Crippen LogP contribution in [0.5, 0.6) is 5.75 Å². The SMILES string of the molecule is CCC1(c2nc(-c3cccc(O)c3)no2)CCNC1. The number of aromatic hydroxyl groups is 1. The summed E-state index contributed by atoms with van der Waals surface area (Å²) < 4.78 is 5.45. The molecule has 0 radical (unpaired) electrons. The zero-order valence-electron chi connectivity index (χ0n) is 10.9. The first-order valence-electron chi connectivity index (χ1n) is 6.58. The van der Waals surface area contributed by atoms with Crippen LogP contribution in [0.25, 0.3) is 11.4 Å². The highest BCUT2D eigenvalue weighted by atomic mass is 16.5. The van der Waals surface area contributed by atoms with Gasteiger partial charge in [0.05, 0.1) is 5.41 Å². The van der Waals surface area contributed by atoms with Crippen LogP contribution >= 0.6 is 0 Å². The third-order valence-corrected chi connectivity index (χ3v) is 3.90. The molecule has 1 fully saturated rings. The maximum Gasteiger partial charge on any atom is 0.234 e. The number of phenolic OH excluding ortho intramolecular Hbond substituents is 1. The first kappa shape index (κ1) is 12.2. The number of rotatable bonds is 3. The lowest BCUT2D eigenvalue weighted by atomic mass is 9.84. The van der Waals surface area contributed by atoms with Crippen molar-refractivity contribution in [3.8, 4) is 17.1 Å². The predicted molar refractivity (Wildman–Crippen MR) is 70.9 cm³/mol. The Morgan fingerprint density at radius 3 is 3.05 bits per heavy atom. The Bertz CT molecular complexity index is 574. The van der Waals surface area contributed by atoms with Gasteiger partial charge in [0, 0.05) is 12.1 Å². The van der Waals surface area contributed by atoms with Crippen LogP contribution in [0.15, 0.2) is 28.8 Å². The van der Waals surface area contributed by atoms with E-state index in [0.29, 0.717) is 11.7 Å². The third-order valence-electron chi connectivity index (χ3n) is 3.90. The number of nitrogens with one attached hydrogen (secondary N) is 1. The van der Waals surface area contributed by atoms with Crippen molar-refractivity contribution in [2.45, 2.75) is 25.2 Å². The number of nitrogens with zero attached hydrogens (tertiary/aromatic N) is 2. The Morgan fingerprint density at radius 1 is 1.47 bits per heavy atom. The van der Waals surface area contributed by atoms with Gasteiger partial charge < -0.3 is 14.9 Å². The van der Waals surface area contributed by atoms with Crippen molar-refractivity contribution in [1.29, 1.82) is 0 Å². The summed E-state index contributed by atoms with van der Waals surface area (Å²) in [6.07, 6.45) is 1.99. The van der Waals surface area contributed by atoms with Crippen molar-refractivity contribution in [3.05, 3.63) is 30.2 Å². The molecule has 5 nitrogen and oxygen atoms in total. The number of phenols is 1. The quantitative estimate of drug-likeness (QED) is 0.883. The smallest absolute Gasteiger partial charge is 0.234 e. The molecule has 1 saturated heterocycles. The second-order valence-electron chi connectivity index (χ2n) is 5.03. The van der Waals surface area contributed by atoms with E-state index in [1.807, 2.05) is 6.07 Å². The maximum absolute atomic E-state index is 9.49. The zero-order valence-corrected chi connectivity index (χ0v) is 10.9. The largest absolute Gasteiger partial charge is 0.508 e. The molecule has 3 rings (SSSR count). The molecule has 0 bridgehead atoms. The summed E-state index contributed by atoms with van der Waals surface area (Å²) in [7, 11) is 0. The lowest BCUT2D eigenvalue weighted by Gasteiger charge is -2.20. The molecular weight excluding hydrogens is 242 g/mol. The molecule has 0 saturated carbocycles. The van der Waals surface area contributed by atoms with Crippen molar-refractivity contribution in [2.24, 2.45) is 0 Å². The molecule has 0 amide bonds. The van der Waals surface area contributed by atoms with Crippen molar-refractivity contribution in [3.63, 3.8) is 0 Å². The molecule has 2 N–H and O–H groups in total. The summed E-state index contributed by atoms with van der Waals surface area (Å²) in [6, 6.07) is 6.90. The van der Waals surface area contributed by atoms with E-state index in [0.717, 1.165) is 31.5 Å². The van der Waals surface area contributed by atoms with E-state index in [2.05, 4.69) is 22.4 Å². The van der Waals surface area contributed by atoms with Crippen LogP contribution in [0.3, 0.4) is 0 Å². The fourth-order valence-corrected chi connectivity index (χ4v) is 2.58. The highest BCUT2D eigenvalue weighted by molar-refractivity contribution is 5.56. The molecule has 2 heterocycles. The normalized spacial score (nSPS) is 22.8. The van der Waals surface area contributed by atoms with Gasteiger partial charge in [-0.15, -0.1) is 0 Å². The van der Waals surface area contributed by atoms with E-state index in [1.54, 1.807) is 18.2 Å². The van der Waals surface area contributed by atoms with Crippen LogP contribution in [0.4, 0.5) is 0 Å². The van der Waals surface area contributed by atoms with E-state index >= 15 is 0 Å². The summed E-state index contributed by atoms with van der Waals surface area (Å²) in [5, 5.41) is 16.9. The average molecular weight is 259 g/mol. The summed E-state index contributed by atoms with van der Waals surface area (Å²) in [6.45, 7) is 4.01. The molecule has 2 aromatic rings. The monoisotopic (exact) mass is 259 g/mol. The molecule has 5 heteroatoms. The summed E-state index contributed by atoms with van der Waals surface area (Å²) in [5.41, 5.74) is 0.731. The summed E-state index contributed by atoms with van der Waals surface area (Å²) >= 11 is 0. The Balaban J connectivity index is 1.95. The standard InChI is InChI=1S/C14H17N3O2/c1-2-14(6-7-15-9-14)13-16-12(17-19-13)10-4-3-5-11(18)8-10/h3-5,8,15,18H,2,6-7,9H2,1H3. The van der Waals surface area contributed by atoms with Crippen LogP contribution < -0.4 is 5.32 Å². The van der Waals surface area contributed by atoms with E-state index in [-0.39, 0.29) is 11.2 Å². The van der Waals surface area contributed by atoms with Crippen LogP contribution in [-0.4, -0.2) is 28.3 Å². The third kappa shape index (κ3) is 2.10. The highest BCUT2D eigenvalue weighted by Gasteiger charge is 2.39. The highest BCUT2D eigenvalue weighted by Crippen LogP contribution is 2.34. The van der Waals surface area contributed by atoms with Gasteiger partial charge in [-0.05, 0) is 31.5 Å². The second-order valence-corrected chi connectivity index (χ2v) is 5.03. The van der Waals surface area contributed by atoms with Gasteiger partial charge >= 0.3 is 0 Å². The minimum atomic E-state index is -0.0396. The van der Waals surface area contributed by atoms with Gasteiger partial charge in [0.25, 0.3) is 0 Å². The van der Waals surface area contributed by atoms with Crippen LogP contribution in [0, 0.1) is 0 Å². The van der Waals surface area contributed by atoms with E-state index in [9.17, 15) is 5.11 Å². The Hall–Kier alpha value is -1.88. The first-order valence-corrected chi connectivity index (χ1v) is 6.58. The van der Waals surface area contributed by atoms with Crippen LogP contribution in [0.2, 0.25) is 0 Å². The van der Waals surface area contributed by atoms with Crippen LogP contribution in [-0.2, 0) is 5.41 Å². The Kier molecular flexibility index (Phi) is 2.98. The molecule has 1 aliphatic rings. The van der Waals surface area contributed by atoms with Gasteiger partial charge in [0.1, 0.15) is 5.75 Å². The summed E-state index contributed by atoms with van der Waals surface area (Å²) in [5.74, 6) is 1.43. The number of aromatic nitrogens is 2. The molecule has 0 aliphatic carbocycles. The van der Waals surface area contributed by atoms with Crippen molar-refractivity contribution >= 4 is 0 Å². The fraction of sp³-hybridized carbons (Fsp3) is 0.429. The van der Waals surface area contributed by atoms with E-state index in [4.69, 9.17) is 4.52 Å². The van der Waals surface area contributed by atoms with Gasteiger partial charge in [-0.3, -0.25) is 0 Å². The lowest BCUT2D eigenvalue weighted by molar-refractivity contribution is 0.285. The van der Waals surface area contributed by atoms with Gasteiger partial charge in [0.2, 0.25) is 11.7 Å². The van der Waals surface area contributed by atoms with Crippen molar-refractivity contribution in [1.82, 2.24) is 15.5 Å². The molecule has 19 heavy (non-hydrogen) atoms. The molecule has 1 atom stereocenters. The molecule has 0 spiro atoms. The average Bonchev–Trinajstić information content (AvgIpc) is 3.08. The Morgan fingerprint density at radius 2 is 2.37 bits per heavy atom. The lowest BCUT2D eigenvalue weighted by Crippen LogP contribution is -2.28. The number of hydrogen-bond acceptors (Lipinski definition) is 5. The fourth-order valence-electron chi connectivity index (χ4n) is 2.58. The number of benzene rings is 1. The van der Waals surface area contributed by atoms with Gasteiger partial charge in [-0.1, -0.05) is 24.2 Å². The van der Waals surface area contributed by atoms with Gasteiger partial charge in [-0.25, -0.2) is 0 Å². The minimum absolute atomic E-state index is 0.0396. The van der Waals surface area contributed by atoms with Gasteiger partial charge in [0.15, 0.2) is 0 Å². The molecule has 100 valence electrons. The Labute approximate surface area is 111 Å². The topological polar surface area (TPSA) is 71.2 Å². The first-order chi connectivity index (χ1) is 9.23.